The molecule has 2 atom stereocenters. The Bertz CT molecular complexity index is 623. The number of carboxylic acid groups (broad SMARTS) is 1. The van der Waals surface area contributed by atoms with Gasteiger partial charge < -0.3 is 9.63 Å². The molecule has 1 saturated carbocycles. The van der Waals surface area contributed by atoms with Gasteiger partial charge in [0.05, 0.1) is 11.8 Å². The first-order valence-corrected chi connectivity index (χ1v) is 6.20. The molecule has 19 heavy (non-hydrogen) atoms. The van der Waals surface area contributed by atoms with Crippen molar-refractivity contribution in [1.82, 2.24) is 15.1 Å². The number of hydrogen-bond acceptors (Lipinski definition) is 5. The van der Waals surface area contributed by atoms with Crippen molar-refractivity contribution in [2.24, 2.45) is 5.92 Å². The number of pyridine rings is 1. The average Bonchev–Trinajstić information content (AvgIpc) is 3.09. The zero-order chi connectivity index (χ0) is 13.4. The molecule has 0 bridgehead atoms. The van der Waals surface area contributed by atoms with E-state index in [9.17, 15) is 4.79 Å². The predicted octanol–water partition coefficient (Wildman–Crippen LogP) is 1.88. The van der Waals surface area contributed by atoms with Crippen molar-refractivity contribution >= 4 is 5.97 Å². The molecule has 0 radical (unpaired) electrons. The molecular weight excluding hydrogens is 246 g/mol. The summed E-state index contributed by atoms with van der Waals surface area (Å²) in [6.07, 6.45) is 4.87. The number of aliphatic carboxylic acids is 1. The number of hydrogen-bond donors (Lipinski definition) is 1. The van der Waals surface area contributed by atoms with Gasteiger partial charge in [-0.1, -0.05) is 12.1 Å². The van der Waals surface area contributed by atoms with Crippen LogP contribution in [0.25, 0.3) is 11.4 Å². The van der Waals surface area contributed by atoms with Crippen molar-refractivity contribution in [3.63, 3.8) is 0 Å². The summed E-state index contributed by atoms with van der Waals surface area (Å²) >= 11 is 0. The van der Waals surface area contributed by atoms with E-state index in [0.29, 0.717) is 18.1 Å². The van der Waals surface area contributed by atoms with Crippen LogP contribution in [0, 0.1) is 5.92 Å². The lowest BCUT2D eigenvalue weighted by Crippen LogP contribution is -1.99. The summed E-state index contributed by atoms with van der Waals surface area (Å²) in [5.74, 6) is -0.392. The summed E-state index contributed by atoms with van der Waals surface area (Å²) in [6, 6.07) is 1.84. The van der Waals surface area contributed by atoms with Crippen molar-refractivity contribution in [2.75, 3.05) is 0 Å². The standard InChI is InChI=1S/C13H13N3O3/c1-2-7-6-14-4-3-8(7)11-15-12(19-16-11)9-5-10(9)13(17)18/h3-4,6,9-10H,2,5H2,1H3,(H,17,18). The molecule has 2 unspecified atom stereocenters. The Hall–Kier alpha value is -2.24. The van der Waals surface area contributed by atoms with Gasteiger partial charge in [-0.15, -0.1) is 0 Å². The Morgan fingerprint density at radius 1 is 1.58 bits per heavy atom. The SMILES string of the molecule is CCc1cnccc1-c1noc(C2CC2C(=O)O)n1. The van der Waals surface area contributed by atoms with E-state index in [2.05, 4.69) is 15.1 Å². The highest BCUT2D eigenvalue weighted by Gasteiger charge is 2.48. The second-order valence-corrected chi connectivity index (χ2v) is 4.63. The highest BCUT2D eigenvalue weighted by atomic mass is 16.5. The van der Waals surface area contributed by atoms with E-state index in [0.717, 1.165) is 17.5 Å². The molecule has 2 heterocycles. The molecule has 6 nitrogen and oxygen atoms in total. The summed E-state index contributed by atoms with van der Waals surface area (Å²) in [4.78, 5) is 19.2. The van der Waals surface area contributed by atoms with E-state index in [4.69, 9.17) is 9.63 Å². The summed E-state index contributed by atoms with van der Waals surface area (Å²) in [7, 11) is 0. The summed E-state index contributed by atoms with van der Waals surface area (Å²) in [5, 5.41) is 12.8. The fourth-order valence-electron chi connectivity index (χ4n) is 2.16. The normalized spacial score (nSPS) is 21.3. The van der Waals surface area contributed by atoms with Crippen LogP contribution in [-0.4, -0.2) is 26.2 Å². The Morgan fingerprint density at radius 3 is 3.11 bits per heavy atom. The molecule has 0 amide bonds. The topological polar surface area (TPSA) is 89.1 Å². The van der Waals surface area contributed by atoms with Crippen LogP contribution in [0.3, 0.4) is 0 Å². The number of aromatic nitrogens is 3. The van der Waals surface area contributed by atoms with Crippen molar-refractivity contribution in [1.29, 1.82) is 0 Å². The summed E-state index contributed by atoms with van der Waals surface area (Å²) < 4.78 is 5.18. The van der Waals surface area contributed by atoms with E-state index in [-0.39, 0.29) is 11.8 Å². The molecule has 0 aliphatic heterocycles. The van der Waals surface area contributed by atoms with Gasteiger partial charge in [-0.2, -0.15) is 4.98 Å². The van der Waals surface area contributed by atoms with Crippen LogP contribution in [0.1, 0.15) is 30.7 Å². The van der Waals surface area contributed by atoms with E-state index in [1.165, 1.54) is 0 Å². The van der Waals surface area contributed by atoms with Gasteiger partial charge in [-0.25, -0.2) is 0 Å². The molecule has 0 aromatic carbocycles. The molecule has 1 fully saturated rings. The van der Waals surface area contributed by atoms with E-state index >= 15 is 0 Å². The highest BCUT2D eigenvalue weighted by molar-refractivity contribution is 5.74. The van der Waals surface area contributed by atoms with Crippen molar-refractivity contribution < 1.29 is 14.4 Å². The second kappa shape index (κ2) is 4.46. The van der Waals surface area contributed by atoms with Crippen LogP contribution in [0.15, 0.2) is 23.0 Å². The summed E-state index contributed by atoms with van der Waals surface area (Å²) in [6.45, 7) is 2.03. The highest BCUT2D eigenvalue weighted by Crippen LogP contribution is 2.47. The van der Waals surface area contributed by atoms with Gasteiger partial charge in [0.15, 0.2) is 0 Å². The minimum absolute atomic E-state index is 0.134. The van der Waals surface area contributed by atoms with Gasteiger partial charge in [0.25, 0.3) is 0 Å². The van der Waals surface area contributed by atoms with Gasteiger partial charge >= 0.3 is 5.97 Å². The number of carboxylic acids is 1. The summed E-state index contributed by atoms with van der Waals surface area (Å²) in [5.41, 5.74) is 1.93. The lowest BCUT2D eigenvalue weighted by atomic mass is 10.1. The maximum absolute atomic E-state index is 10.8. The second-order valence-electron chi connectivity index (χ2n) is 4.63. The lowest BCUT2D eigenvalue weighted by molar-refractivity contribution is -0.138. The van der Waals surface area contributed by atoms with Crippen LogP contribution in [-0.2, 0) is 11.2 Å². The molecule has 1 aliphatic carbocycles. The molecule has 0 saturated heterocycles. The first-order valence-electron chi connectivity index (χ1n) is 6.20. The third-order valence-electron chi connectivity index (χ3n) is 3.39. The van der Waals surface area contributed by atoms with E-state index in [1.807, 2.05) is 13.0 Å². The molecule has 0 spiro atoms. The van der Waals surface area contributed by atoms with Crippen molar-refractivity contribution in [2.45, 2.75) is 25.7 Å². The van der Waals surface area contributed by atoms with Gasteiger partial charge in [0.2, 0.25) is 11.7 Å². The monoisotopic (exact) mass is 259 g/mol. The number of aryl methyl sites for hydroxylation is 1. The number of rotatable bonds is 4. The predicted molar refractivity (Wildman–Crippen MR) is 65.4 cm³/mol. The van der Waals surface area contributed by atoms with Crippen LogP contribution in [0.4, 0.5) is 0 Å². The lowest BCUT2D eigenvalue weighted by Gasteiger charge is -2.00. The van der Waals surface area contributed by atoms with Crippen molar-refractivity contribution in [3.8, 4) is 11.4 Å². The largest absolute Gasteiger partial charge is 0.481 e. The van der Waals surface area contributed by atoms with E-state index < -0.39 is 5.97 Å². The minimum Gasteiger partial charge on any atom is -0.481 e. The van der Waals surface area contributed by atoms with Crippen LogP contribution < -0.4 is 0 Å². The molecule has 6 heteroatoms. The van der Waals surface area contributed by atoms with Gasteiger partial charge in [0.1, 0.15) is 0 Å². The van der Waals surface area contributed by atoms with Gasteiger partial charge in [0, 0.05) is 18.0 Å². The first-order chi connectivity index (χ1) is 9.20. The van der Waals surface area contributed by atoms with Crippen LogP contribution in [0.5, 0.6) is 0 Å². The van der Waals surface area contributed by atoms with Crippen molar-refractivity contribution in [3.05, 3.63) is 29.9 Å². The van der Waals surface area contributed by atoms with Gasteiger partial charge in [-0.3, -0.25) is 9.78 Å². The zero-order valence-electron chi connectivity index (χ0n) is 10.4. The van der Waals surface area contributed by atoms with Crippen LogP contribution >= 0.6 is 0 Å². The fourth-order valence-corrected chi connectivity index (χ4v) is 2.16. The fraction of sp³-hybridized carbons (Fsp3) is 0.385. The zero-order valence-corrected chi connectivity index (χ0v) is 10.4. The molecule has 1 aliphatic rings. The molecule has 2 aromatic heterocycles. The Kier molecular flexibility index (Phi) is 2.77. The molecule has 3 rings (SSSR count). The van der Waals surface area contributed by atoms with Gasteiger partial charge in [-0.05, 0) is 24.5 Å². The quantitative estimate of drug-likeness (QED) is 0.901. The smallest absolute Gasteiger partial charge is 0.307 e. The Labute approximate surface area is 109 Å². The molecular formula is C13H13N3O3. The molecule has 2 aromatic rings. The third-order valence-corrected chi connectivity index (χ3v) is 3.39. The third kappa shape index (κ3) is 2.09. The van der Waals surface area contributed by atoms with E-state index in [1.54, 1.807) is 12.4 Å². The molecule has 1 N–H and O–H groups in total. The average molecular weight is 259 g/mol. The number of nitrogens with zero attached hydrogens (tertiary/aromatic N) is 3. The maximum Gasteiger partial charge on any atom is 0.307 e. The Balaban J connectivity index is 1.88. The number of carbonyl (C=O) groups is 1. The maximum atomic E-state index is 10.8. The minimum atomic E-state index is -0.803. The van der Waals surface area contributed by atoms with Crippen LogP contribution in [0.2, 0.25) is 0 Å². The Morgan fingerprint density at radius 2 is 2.42 bits per heavy atom. The molecule has 98 valence electrons. The first kappa shape index (κ1) is 11.8.